The molecular weight excluding hydrogens is 310 g/mol. The van der Waals surface area contributed by atoms with Crippen LogP contribution in [0.15, 0.2) is 30.3 Å². The van der Waals surface area contributed by atoms with Crippen molar-refractivity contribution in [2.75, 3.05) is 13.2 Å². The van der Waals surface area contributed by atoms with Gasteiger partial charge >= 0.3 is 0 Å². The van der Waals surface area contributed by atoms with E-state index in [1.165, 1.54) is 16.9 Å². The summed E-state index contributed by atoms with van der Waals surface area (Å²) in [6.45, 7) is 2.12. The summed E-state index contributed by atoms with van der Waals surface area (Å²) in [7, 11) is 0. The lowest BCUT2D eigenvalue weighted by atomic mass is 10.1. The molecule has 0 bridgehead atoms. The molecule has 2 aromatic rings. The van der Waals surface area contributed by atoms with Gasteiger partial charge in [0.15, 0.2) is 0 Å². The first-order valence-corrected chi connectivity index (χ1v) is 8.85. The first kappa shape index (κ1) is 14.7. The predicted octanol–water partition coefficient (Wildman–Crippen LogP) is 3.46. The van der Waals surface area contributed by atoms with E-state index in [0.717, 1.165) is 53.5 Å². The minimum absolute atomic E-state index is 0.0176. The van der Waals surface area contributed by atoms with Crippen molar-refractivity contribution >= 4 is 17.2 Å². The summed E-state index contributed by atoms with van der Waals surface area (Å²) in [4.78, 5) is 14.2. The first-order valence-electron chi connectivity index (χ1n) is 8.04. The minimum atomic E-state index is -0.0176. The van der Waals surface area contributed by atoms with Gasteiger partial charge in [0, 0.05) is 24.4 Å². The van der Waals surface area contributed by atoms with E-state index >= 15 is 0 Å². The summed E-state index contributed by atoms with van der Waals surface area (Å²) in [5.41, 5.74) is 2.34. The quantitative estimate of drug-likeness (QED) is 0.934. The van der Waals surface area contributed by atoms with Crippen LogP contribution >= 0.6 is 11.3 Å². The summed E-state index contributed by atoms with van der Waals surface area (Å²) in [6.07, 6.45) is 3.29. The molecule has 0 spiro atoms. The molecule has 0 radical (unpaired) electrons. The van der Waals surface area contributed by atoms with E-state index in [9.17, 15) is 4.79 Å². The lowest BCUT2D eigenvalue weighted by molar-refractivity contribution is 0.0955. The van der Waals surface area contributed by atoms with Gasteiger partial charge in [0.1, 0.15) is 5.75 Å². The second-order valence-corrected chi connectivity index (χ2v) is 7.04. The Labute approximate surface area is 139 Å². The molecule has 1 amide bonds. The molecule has 1 aromatic heterocycles. The SMILES string of the molecule is O=C(NCc1ccc2c(c1)CCO2)c1ccc(C2CCCO2)s1. The lowest BCUT2D eigenvalue weighted by Gasteiger charge is -2.06. The van der Waals surface area contributed by atoms with Gasteiger partial charge in [0.2, 0.25) is 0 Å². The van der Waals surface area contributed by atoms with Crippen molar-refractivity contribution in [1.82, 2.24) is 5.32 Å². The standard InChI is InChI=1S/C18H19NO3S/c20-18(17-6-5-16(23-17)15-2-1-8-21-15)19-11-12-3-4-14-13(10-12)7-9-22-14/h3-6,10,15H,1-2,7-9,11H2,(H,19,20). The maximum atomic E-state index is 12.3. The number of fused-ring (bicyclic) bond motifs is 1. The van der Waals surface area contributed by atoms with Crippen LogP contribution in [-0.4, -0.2) is 19.1 Å². The molecule has 2 aliphatic rings. The second kappa shape index (κ2) is 6.34. The summed E-state index contributed by atoms with van der Waals surface area (Å²) in [5.74, 6) is 0.954. The highest BCUT2D eigenvalue weighted by molar-refractivity contribution is 7.14. The fourth-order valence-electron chi connectivity index (χ4n) is 3.07. The second-order valence-electron chi connectivity index (χ2n) is 5.93. The fourth-order valence-corrected chi connectivity index (χ4v) is 4.08. The van der Waals surface area contributed by atoms with Crippen molar-refractivity contribution in [3.63, 3.8) is 0 Å². The Kier molecular flexibility index (Phi) is 4.06. The van der Waals surface area contributed by atoms with Crippen molar-refractivity contribution < 1.29 is 14.3 Å². The molecule has 1 saturated heterocycles. The average molecular weight is 329 g/mol. The maximum Gasteiger partial charge on any atom is 0.261 e. The molecule has 4 nitrogen and oxygen atoms in total. The van der Waals surface area contributed by atoms with Crippen LogP contribution in [-0.2, 0) is 17.7 Å². The normalized spacial score (nSPS) is 19.4. The van der Waals surface area contributed by atoms with Crippen LogP contribution in [0.2, 0.25) is 0 Å². The third-order valence-corrected chi connectivity index (χ3v) is 5.48. The highest BCUT2D eigenvalue weighted by Crippen LogP contribution is 2.33. The number of amides is 1. The fraction of sp³-hybridized carbons (Fsp3) is 0.389. The number of thiophene rings is 1. The third-order valence-electron chi connectivity index (χ3n) is 4.30. The summed E-state index contributed by atoms with van der Waals surface area (Å²) in [6, 6.07) is 10.0. The zero-order valence-electron chi connectivity index (χ0n) is 12.8. The monoisotopic (exact) mass is 329 g/mol. The molecule has 1 atom stereocenters. The Bertz CT molecular complexity index is 719. The van der Waals surface area contributed by atoms with Crippen LogP contribution in [0.4, 0.5) is 0 Å². The van der Waals surface area contributed by atoms with E-state index in [2.05, 4.69) is 11.4 Å². The van der Waals surface area contributed by atoms with E-state index in [1.54, 1.807) is 0 Å². The predicted molar refractivity (Wildman–Crippen MR) is 89.1 cm³/mol. The average Bonchev–Trinajstić information content (AvgIpc) is 3.32. The molecular formula is C18H19NO3S. The number of hydrogen-bond donors (Lipinski definition) is 1. The van der Waals surface area contributed by atoms with Gasteiger partial charge in [-0.1, -0.05) is 12.1 Å². The highest BCUT2D eigenvalue weighted by Gasteiger charge is 2.21. The molecule has 1 N–H and O–H groups in total. The summed E-state index contributed by atoms with van der Waals surface area (Å²) >= 11 is 1.54. The number of hydrogen-bond acceptors (Lipinski definition) is 4. The highest BCUT2D eigenvalue weighted by atomic mass is 32.1. The van der Waals surface area contributed by atoms with Crippen LogP contribution in [0.25, 0.3) is 0 Å². The zero-order chi connectivity index (χ0) is 15.6. The summed E-state index contributed by atoms with van der Waals surface area (Å²) in [5, 5.41) is 3.00. The van der Waals surface area contributed by atoms with Gasteiger partial charge in [-0.2, -0.15) is 0 Å². The van der Waals surface area contributed by atoms with Crippen LogP contribution in [0, 0.1) is 0 Å². The van der Waals surface area contributed by atoms with Crippen molar-refractivity contribution in [3.8, 4) is 5.75 Å². The molecule has 2 aliphatic heterocycles. The number of nitrogens with one attached hydrogen (secondary N) is 1. The Morgan fingerprint density at radius 1 is 1.26 bits per heavy atom. The van der Waals surface area contributed by atoms with Gasteiger partial charge in [0.25, 0.3) is 5.91 Å². The molecule has 1 fully saturated rings. The number of carbonyl (C=O) groups excluding carboxylic acids is 1. The molecule has 4 rings (SSSR count). The first-order chi connectivity index (χ1) is 11.3. The third kappa shape index (κ3) is 3.12. The van der Waals surface area contributed by atoms with Crippen molar-refractivity contribution in [1.29, 1.82) is 0 Å². The summed E-state index contributed by atoms with van der Waals surface area (Å²) < 4.78 is 11.2. The molecule has 3 heterocycles. The van der Waals surface area contributed by atoms with Crippen molar-refractivity contribution in [2.45, 2.75) is 31.9 Å². The van der Waals surface area contributed by atoms with E-state index < -0.39 is 0 Å². The van der Waals surface area contributed by atoms with Crippen LogP contribution in [0.5, 0.6) is 5.75 Å². The van der Waals surface area contributed by atoms with Crippen LogP contribution in [0.3, 0.4) is 0 Å². The van der Waals surface area contributed by atoms with Gasteiger partial charge in [-0.15, -0.1) is 11.3 Å². The molecule has 120 valence electrons. The topological polar surface area (TPSA) is 47.6 Å². The molecule has 5 heteroatoms. The Balaban J connectivity index is 1.38. The van der Waals surface area contributed by atoms with Crippen LogP contribution in [0.1, 0.15) is 44.6 Å². The van der Waals surface area contributed by atoms with Gasteiger partial charge in [-0.25, -0.2) is 0 Å². The number of ether oxygens (including phenoxy) is 2. The molecule has 1 aromatic carbocycles. The molecule has 23 heavy (non-hydrogen) atoms. The van der Waals surface area contributed by atoms with Crippen LogP contribution < -0.4 is 10.1 Å². The molecule has 0 saturated carbocycles. The van der Waals surface area contributed by atoms with Gasteiger partial charge in [0.05, 0.1) is 17.6 Å². The number of benzene rings is 1. The van der Waals surface area contributed by atoms with E-state index in [0.29, 0.717) is 6.54 Å². The van der Waals surface area contributed by atoms with E-state index in [1.807, 2.05) is 24.3 Å². The van der Waals surface area contributed by atoms with Gasteiger partial charge in [-0.05, 0) is 42.2 Å². The Morgan fingerprint density at radius 3 is 3.09 bits per heavy atom. The van der Waals surface area contributed by atoms with Gasteiger partial charge in [-0.3, -0.25) is 4.79 Å². The van der Waals surface area contributed by atoms with E-state index in [4.69, 9.17) is 9.47 Å². The molecule has 1 unspecified atom stereocenters. The number of rotatable bonds is 4. The Morgan fingerprint density at radius 2 is 2.22 bits per heavy atom. The van der Waals surface area contributed by atoms with Crippen molar-refractivity contribution in [2.24, 2.45) is 0 Å². The lowest BCUT2D eigenvalue weighted by Crippen LogP contribution is -2.21. The maximum absolute atomic E-state index is 12.3. The largest absolute Gasteiger partial charge is 0.493 e. The van der Waals surface area contributed by atoms with Crippen molar-refractivity contribution in [3.05, 3.63) is 51.2 Å². The number of carbonyl (C=O) groups is 1. The van der Waals surface area contributed by atoms with E-state index in [-0.39, 0.29) is 12.0 Å². The molecule has 0 aliphatic carbocycles. The smallest absolute Gasteiger partial charge is 0.261 e. The Hall–Kier alpha value is -1.85. The zero-order valence-corrected chi connectivity index (χ0v) is 13.7. The minimum Gasteiger partial charge on any atom is -0.493 e. The van der Waals surface area contributed by atoms with Gasteiger partial charge < -0.3 is 14.8 Å².